The Balaban J connectivity index is 1.89. The van der Waals surface area contributed by atoms with Crippen LogP contribution in [-0.2, 0) is 13.0 Å². The van der Waals surface area contributed by atoms with E-state index in [1.54, 1.807) is 0 Å². The summed E-state index contributed by atoms with van der Waals surface area (Å²) >= 11 is 0. The van der Waals surface area contributed by atoms with Gasteiger partial charge < -0.3 is 5.32 Å². The molecule has 0 radical (unpaired) electrons. The molecule has 0 atom stereocenters. The van der Waals surface area contributed by atoms with Gasteiger partial charge in [-0.25, -0.2) is 0 Å². The molecule has 3 nitrogen and oxygen atoms in total. The van der Waals surface area contributed by atoms with E-state index in [9.17, 15) is 0 Å². The molecular formula is C16H23N3. The van der Waals surface area contributed by atoms with Gasteiger partial charge in [0.25, 0.3) is 0 Å². The molecule has 0 unspecified atom stereocenters. The van der Waals surface area contributed by atoms with Crippen LogP contribution < -0.4 is 5.32 Å². The molecule has 1 aromatic heterocycles. The summed E-state index contributed by atoms with van der Waals surface area (Å²) in [5.74, 6) is 0. The van der Waals surface area contributed by atoms with E-state index in [4.69, 9.17) is 0 Å². The van der Waals surface area contributed by atoms with Gasteiger partial charge in [-0.05, 0) is 49.5 Å². The lowest BCUT2D eigenvalue weighted by Crippen LogP contribution is -2.14. The monoisotopic (exact) mass is 257 g/mol. The minimum atomic E-state index is 0.861. The summed E-state index contributed by atoms with van der Waals surface area (Å²) in [5.41, 5.74) is 3.99. The zero-order chi connectivity index (χ0) is 13.5. The molecule has 0 spiro atoms. The maximum absolute atomic E-state index is 4.45. The number of nitrogens with zero attached hydrogens (tertiary/aromatic N) is 2. The SMILES string of the molecule is CCNCCCc1cnn(Cc2ccccc2C)c1. The predicted molar refractivity (Wildman–Crippen MR) is 79.4 cm³/mol. The molecule has 2 rings (SSSR count). The average Bonchev–Trinajstić information content (AvgIpc) is 2.85. The summed E-state index contributed by atoms with van der Waals surface area (Å²) in [4.78, 5) is 0. The van der Waals surface area contributed by atoms with Gasteiger partial charge in [0, 0.05) is 6.20 Å². The van der Waals surface area contributed by atoms with Crippen molar-refractivity contribution in [1.29, 1.82) is 0 Å². The third kappa shape index (κ3) is 4.21. The highest BCUT2D eigenvalue weighted by atomic mass is 15.3. The molecule has 1 aromatic carbocycles. The van der Waals surface area contributed by atoms with Crippen LogP contribution in [0.3, 0.4) is 0 Å². The molecule has 0 bridgehead atoms. The van der Waals surface area contributed by atoms with Crippen LogP contribution in [0, 0.1) is 6.92 Å². The van der Waals surface area contributed by atoms with Gasteiger partial charge in [0.1, 0.15) is 0 Å². The normalized spacial score (nSPS) is 10.8. The van der Waals surface area contributed by atoms with Crippen LogP contribution in [0.1, 0.15) is 30.0 Å². The predicted octanol–water partition coefficient (Wildman–Crippen LogP) is 2.78. The van der Waals surface area contributed by atoms with Crippen LogP contribution in [0.25, 0.3) is 0 Å². The molecule has 0 aliphatic rings. The Hall–Kier alpha value is -1.61. The van der Waals surface area contributed by atoms with Crippen molar-refractivity contribution >= 4 is 0 Å². The highest BCUT2D eigenvalue weighted by molar-refractivity contribution is 5.25. The van der Waals surface area contributed by atoms with Gasteiger partial charge in [-0.15, -0.1) is 0 Å². The Morgan fingerprint density at radius 3 is 2.89 bits per heavy atom. The van der Waals surface area contributed by atoms with Gasteiger partial charge in [-0.3, -0.25) is 4.68 Å². The molecule has 0 aliphatic carbocycles. The second-order valence-electron chi connectivity index (χ2n) is 4.93. The Labute approximate surface area is 115 Å². The molecule has 0 saturated heterocycles. The van der Waals surface area contributed by atoms with Gasteiger partial charge in [0.15, 0.2) is 0 Å². The highest BCUT2D eigenvalue weighted by Gasteiger charge is 2.01. The lowest BCUT2D eigenvalue weighted by Gasteiger charge is -2.05. The van der Waals surface area contributed by atoms with E-state index in [0.29, 0.717) is 0 Å². The van der Waals surface area contributed by atoms with E-state index in [2.05, 4.69) is 54.7 Å². The second-order valence-corrected chi connectivity index (χ2v) is 4.93. The van der Waals surface area contributed by atoms with E-state index < -0.39 is 0 Å². The first-order valence-corrected chi connectivity index (χ1v) is 7.06. The van der Waals surface area contributed by atoms with Crippen molar-refractivity contribution in [3.8, 4) is 0 Å². The van der Waals surface area contributed by atoms with E-state index in [1.165, 1.54) is 23.1 Å². The Kier molecular flexibility index (Phi) is 5.16. The van der Waals surface area contributed by atoms with E-state index >= 15 is 0 Å². The number of aryl methyl sites for hydroxylation is 2. The maximum Gasteiger partial charge on any atom is 0.0662 e. The van der Waals surface area contributed by atoms with E-state index in [-0.39, 0.29) is 0 Å². The second kappa shape index (κ2) is 7.10. The summed E-state index contributed by atoms with van der Waals surface area (Å²) in [6.07, 6.45) is 6.42. The lowest BCUT2D eigenvalue weighted by molar-refractivity contribution is 0.668. The van der Waals surface area contributed by atoms with E-state index in [1.807, 2.05) is 10.9 Å². The van der Waals surface area contributed by atoms with Gasteiger partial charge in [0.2, 0.25) is 0 Å². The third-order valence-electron chi connectivity index (χ3n) is 3.35. The van der Waals surface area contributed by atoms with Gasteiger partial charge in [0.05, 0.1) is 12.7 Å². The van der Waals surface area contributed by atoms with Gasteiger partial charge in [-0.2, -0.15) is 5.10 Å². The summed E-state index contributed by atoms with van der Waals surface area (Å²) in [5, 5.41) is 7.79. The maximum atomic E-state index is 4.45. The van der Waals surface area contributed by atoms with Crippen molar-refractivity contribution < 1.29 is 0 Å². The third-order valence-corrected chi connectivity index (χ3v) is 3.35. The molecule has 19 heavy (non-hydrogen) atoms. The zero-order valence-corrected chi connectivity index (χ0v) is 11.9. The summed E-state index contributed by atoms with van der Waals surface area (Å²) < 4.78 is 2.03. The first kappa shape index (κ1) is 13.8. The number of aromatic nitrogens is 2. The molecule has 2 aromatic rings. The standard InChI is InChI=1S/C16H23N3/c1-3-17-10-6-8-15-11-18-19(12-15)13-16-9-5-4-7-14(16)2/h4-5,7,9,11-12,17H,3,6,8,10,13H2,1-2H3. The summed E-state index contributed by atoms with van der Waals surface area (Å²) in [6, 6.07) is 8.48. The molecule has 1 N–H and O–H groups in total. The minimum absolute atomic E-state index is 0.861. The topological polar surface area (TPSA) is 29.9 Å². The van der Waals surface area contributed by atoms with Crippen LogP contribution in [0.5, 0.6) is 0 Å². The number of hydrogen-bond acceptors (Lipinski definition) is 2. The average molecular weight is 257 g/mol. The van der Waals surface area contributed by atoms with Crippen LogP contribution >= 0.6 is 0 Å². The van der Waals surface area contributed by atoms with Crippen LogP contribution in [-0.4, -0.2) is 22.9 Å². The fourth-order valence-corrected chi connectivity index (χ4v) is 2.18. The van der Waals surface area contributed by atoms with Gasteiger partial charge >= 0.3 is 0 Å². The van der Waals surface area contributed by atoms with Crippen molar-refractivity contribution in [1.82, 2.24) is 15.1 Å². The van der Waals surface area contributed by atoms with Crippen LogP contribution in [0.4, 0.5) is 0 Å². The van der Waals surface area contributed by atoms with Crippen LogP contribution in [0.2, 0.25) is 0 Å². The van der Waals surface area contributed by atoms with Crippen molar-refractivity contribution in [3.63, 3.8) is 0 Å². The van der Waals surface area contributed by atoms with Crippen molar-refractivity contribution in [2.45, 2.75) is 33.2 Å². The number of nitrogens with one attached hydrogen (secondary N) is 1. The zero-order valence-electron chi connectivity index (χ0n) is 11.9. The highest BCUT2D eigenvalue weighted by Crippen LogP contribution is 2.10. The van der Waals surface area contributed by atoms with Crippen molar-refractivity contribution in [2.75, 3.05) is 13.1 Å². The Bertz CT molecular complexity index is 502. The largest absolute Gasteiger partial charge is 0.317 e. The Morgan fingerprint density at radius 2 is 2.11 bits per heavy atom. The first-order valence-electron chi connectivity index (χ1n) is 7.06. The minimum Gasteiger partial charge on any atom is -0.317 e. The van der Waals surface area contributed by atoms with Crippen LogP contribution in [0.15, 0.2) is 36.7 Å². The lowest BCUT2D eigenvalue weighted by atomic mass is 10.1. The molecule has 102 valence electrons. The molecule has 0 aliphatic heterocycles. The van der Waals surface area contributed by atoms with E-state index in [0.717, 1.165) is 26.1 Å². The summed E-state index contributed by atoms with van der Waals surface area (Å²) in [7, 11) is 0. The van der Waals surface area contributed by atoms with Gasteiger partial charge in [-0.1, -0.05) is 31.2 Å². The fraction of sp³-hybridized carbons (Fsp3) is 0.438. The number of rotatable bonds is 7. The molecule has 1 heterocycles. The van der Waals surface area contributed by atoms with Crippen molar-refractivity contribution in [2.24, 2.45) is 0 Å². The fourth-order valence-electron chi connectivity index (χ4n) is 2.18. The number of hydrogen-bond donors (Lipinski definition) is 1. The summed E-state index contributed by atoms with van der Waals surface area (Å²) in [6.45, 7) is 7.28. The molecule has 0 amide bonds. The molecule has 0 saturated carbocycles. The smallest absolute Gasteiger partial charge is 0.0662 e. The molecule has 0 fully saturated rings. The Morgan fingerprint density at radius 1 is 1.26 bits per heavy atom. The van der Waals surface area contributed by atoms with Crippen molar-refractivity contribution in [3.05, 3.63) is 53.3 Å². The first-order chi connectivity index (χ1) is 9.29. The molecule has 3 heteroatoms. The molecular weight excluding hydrogens is 234 g/mol. The number of benzene rings is 1. The quantitative estimate of drug-likeness (QED) is 0.773.